The van der Waals surface area contributed by atoms with Crippen molar-refractivity contribution in [2.24, 2.45) is 22.7 Å². The maximum absolute atomic E-state index is 13.2. The molecule has 2 fully saturated rings. The summed E-state index contributed by atoms with van der Waals surface area (Å²) < 4.78 is 45.8. The maximum Gasteiger partial charge on any atom is 0.334 e. The first-order valence-electron chi connectivity index (χ1n) is 15.6. The van der Waals surface area contributed by atoms with Crippen molar-refractivity contribution in [1.82, 2.24) is 0 Å². The molecule has 0 radical (unpaired) electrons. The molecule has 0 N–H and O–H groups in total. The molecule has 1 aromatic rings. The average Bonchev–Trinajstić information content (AvgIpc) is 2.97. The quantitative estimate of drug-likeness (QED) is 0.303. The van der Waals surface area contributed by atoms with Gasteiger partial charge in [-0.2, -0.15) is 0 Å². The van der Waals surface area contributed by atoms with E-state index in [-0.39, 0.29) is 52.9 Å². The minimum atomic E-state index is -0.955. The highest BCUT2D eigenvalue weighted by Gasteiger charge is 2.70. The summed E-state index contributed by atoms with van der Waals surface area (Å²) in [6, 6.07) is 7.50. The Kier molecular flexibility index (Phi) is 8.39. The number of cyclic esters (lactones) is 2. The van der Waals surface area contributed by atoms with Gasteiger partial charge in [0.2, 0.25) is 0 Å². The van der Waals surface area contributed by atoms with Crippen LogP contribution >= 0.6 is 0 Å². The highest BCUT2D eigenvalue weighted by Crippen LogP contribution is 2.62. The lowest BCUT2D eigenvalue weighted by molar-refractivity contribution is -0.226. The Morgan fingerprint density at radius 1 is 0.587 bits per heavy atom. The third-order valence-corrected chi connectivity index (χ3v) is 9.72. The van der Waals surface area contributed by atoms with Crippen molar-refractivity contribution >= 4 is 23.9 Å². The Labute approximate surface area is 267 Å². The Hall–Kier alpha value is -3.90. The normalized spacial score (nSPS) is 37.0. The van der Waals surface area contributed by atoms with Gasteiger partial charge in [0.15, 0.2) is 0 Å². The van der Waals surface area contributed by atoms with E-state index in [9.17, 15) is 19.2 Å². The van der Waals surface area contributed by atoms with Crippen molar-refractivity contribution in [1.29, 1.82) is 0 Å². The zero-order valence-electron chi connectivity index (χ0n) is 26.6. The van der Waals surface area contributed by atoms with Gasteiger partial charge >= 0.3 is 23.9 Å². The van der Waals surface area contributed by atoms with Crippen LogP contribution in [0.15, 0.2) is 47.9 Å². The van der Waals surface area contributed by atoms with Crippen LogP contribution in [0.1, 0.15) is 51.7 Å². The summed E-state index contributed by atoms with van der Waals surface area (Å²) in [4.78, 5) is 51.4. The lowest BCUT2D eigenvalue weighted by atomic mass is 9.51. The van der Waals surface area contributed by atoms with Crippen LogP contribution in [0.2, 0.25) is 0 Å². The molecule has 6 rings (SSSR count). The third kappa shape index (κ3) is 5.77. The zero-order chi connectivity index (χ0) is 32.7. The molecule has 0 amide bonds. The van der Waals surface area contributed by atoms with Crippen molar-refractivity contribution in [3.63, 3.8) is 0 Å². The number of carbonyl (C=O) groups excluding carboxylic acids is 4. The van der Waals surface area contributed by atoms with E-state index in [1.54, 1.807) is 27.7 Å². The van der Waals surface area contributed by atoms with Gasteiger partial charge < -0.3 is 37.9 Å². The molecule has 0 saturated heterocycles. The summed E-state index contributed by atoms with van der Waals surface area (Å²) in [6.07, 6.45) is 3.19. The van der Waals surface area contributed by atoms with Crippen LogP contribution in [0.5, 0.6) is 0 Å². The number of carbonyl (C=O) groups is 4. The van der Waals surface area contributed by atoms with Gasteiger partial charge in [-0.05, 0) is 44.9 Å². The maximum atomic E-state index is 13.2. The zero-order valence-corrected chi connectivity index (χ0v) is 26.6. The van der Waals surface area contributed by atoms with Crippen LogP contribution in [-0.2, 0) is 70.3 Å². The van der Waals surface area contributed by atoms with E-state index < -0.39 is 57.7 Å². The van der Waals surface area contributed by atoms with E-state index in [1.807, 2.05) is 24.3 Å². The Bertz CT molecular complexity index is 1380. The fourth-order valence-corrected chi connectivity index (χ4v) is 8.10. The van der Waals surface area contributed by atoms with Gasteiger partial charge in [-0.3, -0.25) is 9.59 Å². The fraction of sp³-hybridized carbons (Fsp3) is 0.588. The summed E-state index contributed by atoms with van der Waals surface area (Å²) in [7, 11) is 0. The molecule has 5 aliphatic rings. The molecule has 3 aliphatic heterocycles. The molecule has 1 aromatic carbocycles. The number of rotatable bonds is 0. The van der Waals surface area contributed by atoms with Crippen LogP contribution < -0.4 is 0 Å². The highest BCUT2D eigenvalue weighted by atomic mass is 16.6. The highest BCUT2D eigenvalue weighted by molar-refractivity contribution is 5.88. The predicted octanol–water partition coefficient (Wildman–Crippen LogP) is 3.30. The number of esters is 4. The second-order valence-electron chi connectivity index (χ2n) is 13.5. The summed E-state index contributed by atoms with van der Waals surface area (Å²) in [5.74, 6) is -2.20. The minimum absolute atomic E-state index is 0.0500. The smallest absolute Gasteiger partial charge is 0.334 e. The molecule has 12 heteroatoms. The number of ether oxygens (including phenoxy) is 8. The topological polar surface area (TPSA) is 142 Å². The van der Waals surface area contributed by atoms with Gasteiger partial charge in [-0.25, -0.2) is 9.59 Å². The first kappa shape index (κ1) is 32.1. The number of fused-ring (bicyclic) bond motifs is 2. The van der Waals surface area contributed by atoms with E-state index in [0.29, 0.717) is 24.4 Å². The van der Waals surface area contributed by atoms with Gasteiger partial charge in [-0.15, -0.1) is 0 Å². The largest absolute Gasteiger partial charge is 0.492 e. The third-order valence-electron chi connectivity index (χ3n) is 9.72. The van der Waals surface area contributed by atoms with Crippen LogP contribution in [-0.4, -0.2) is 74.7 Å². The molecule has 0 aromatic heterocycles. The molecule has 2 bridgehead atoms. The van der Waals surface area contributed by atoms with Gasteiger partial charge in [0.1, 0.15) is 49.1 Å². The molecule has 12 nitrogen and oxygen atoms in total. The van der Waals surface area contributed by atoms with E-state index in [0.717, 1.165) is 11.1 Å². The van der Waals surface area contributed by atoms with E-state index in [4.69, 9.17) is 37.9 Å². The molecule has 0 spiro atoms. The van der Waals surface area contributed by atoms with Gasteiger partial charge in [-0.1, -0.05) is 18.2 Å². The molecule has 248 valence electrons. The molecular weight excluding hydrogens is 600 g/mol. The molecule has 6 atom stereocenters. The van der Waals surface area contributed by atoms with Gasteiger partial charge in [0.25, 0.3) is 0 Å². The second-order valence-corrected chi connectivity index (χ2v) is 13.5. The number of hydrogen-bond acceptors (Lipinski definition) is 12. The van der Waals surface area contributed by atoms with Crippen molar-refractivity contribution in [2.75, 3.05) is 39.6 Å². The summed E-state index contributed by atoms with van der Waals surface area (Å²) >= 11 is 0. The molecule has 2 aliphatic carbocycles. The van der Waals surface area contributed by atoms with Crippen LogP contribution in [0.25, 0.3) is 0 Å². The summed E-state index contributed by atoms with van der Waals surface area (Å²) in [5, 5.41) is 0. The Morgan fingerprint density at radius 2 is 1.00 bits per heavy atom. The first-order valence-corrected chi connectivity index (χ1v) is 15.6. The Morgan fingerprint density at radius 3 is 1.43 bits per heavy atom. The van der Waals surface area contributed by atoms with Crippen LogP contribution in [0, 0.1) is 22.7 Å². The predicted molar refractivity (Wildman–Crippen MR) is 157 cm³/mol. The minimum Gasteiger partial charge on any atom is -0.492 e. The Balaban J connectivity index is 1.22. The number of benzene rings is 1. The monoisotopic (exact) mass is 640 g/mol. The van der Waals surface area contributed by atoms with E-state index >= 15 is 0 Å². The second kappa shape index (κ2) is 12.0. The average molecular weight is 641 g/mol. The van der Waals surface area contributed by atoms with Crippen molar-refractivity contribution in [3.05, 3.63) is 59.1 Å². The number of hydrogen-bond donors (Lipinski definition) is 0. The van der Waals surface area contributed by atoms with Crippen molar-refractivity contribution in [3.8, 4) is 0 Å². The van der Waals surface area contributed by atoms with Crippen molar-refractivity contribution < 1.29 is 57.1 Å². The molecule has 46 heavy (non-hydrogen) atoms. The van der Waals surface area contributed by atoms with Gasteiger partial charge in [0, 0.05) is 12.8 Å². The summed E-state index contributed by atoms with van der Waals surface area (Å²) in [5.41, 5.74) is -2.10. The van der Waals surface area contributed by atoms with Crippen LogP contribution in [0.4, 0.5) is 0 Å². The van der Waals surface area contributed by atoms with Crippen molar-refractivity contribution in [2.45, 2.75) is 65.0 Å². The van der Waals surface area contributed by atoms with Crippen LogP contribution in [0.3, 0.4) is 0 Å². The van der Waals surface area contributed by atoms with Gasteiger partial charge in [0.05, 0.1) is 61.2 Å². The standard InChI is InChI=1S/C34H40O12/c1-31-19-33(3)27(31)23(15-25(35)45-33)43-17-21-6-5-7-22(14-21)18-44-24-16-26(36)46-34(4)20-32(2,28(24)34)30(38)42-13-11-40-9-8-39-10-12-41-29(31)37/h5-7,14-16,27-28H,8-13,17-20H2,1-4H3/t27-,28-,31+,32+,33+,34+/m1/s1. The summed E-state index contributed by atoms with van der Waals surface area (Å²) in [6.45, 7) is 8.39. The molecule has 2 saturated carbocycles. The van der Waals surface area contributed by atoms with E-state index in [2.05, 4.69) is 0 Å². The first-order chi connectivity index (χ1) is 21.9. The fourth-order valence-electron chi connectivity index (χ4n) is 8.10. The lowest BCUT2D eigenvalue weighted by Gasteiger charge is -2.58. The molecular formula is C34H40O12. The SMILES string of the molecule is C[C@@]12C[C@]3(C)C(=O)OCCOCCOCCOC(=O)[C@@]4(C)C[C@]5(C)OC(=O)C=C(OCc6cccc(c6)COC(=CC(=O)O1)[C@@H]23)[C@@H]54. The lowest BCUT2D eigenvalue weighted by Crippen LogP contribution is -2.66. The molecule has 0 unspecified atom stereocenters. The van der Waals surface area contributed by atoms with E-state index in [1.165, 1.54) is 12.2 Å². The molecule has 3 heterocycles.